The standard InChI is InChI=1S/C17H27FO/c1-12(11-17(3,4)5)8-16(19)10-14-9-15(18)7-6-13(14)2/h6-7,9,12,16,19H,8,10-11H2,1-5H3. The number of halogens is 1. The molecule has 0 aromatic heterocycles. The zero-order chi connectivity index (χ0) is 14.6. The van der Waals surface area contributed by atoms with E-state index in [0.717, 1.165) is 24.0 Å². The Morgan fingerprint density at radius 3 is 2.47 bits per heavy atom. The Kier molecular flexibility index (Phi) is 5.54. The zero-order valence-electron chi connectivity index (χ0n) is 12.8. The molecule has 0 bridgehead atoms. The molecule has 108 valence electrons. The van der Waals surface area contributed by atoms with Crippen LogP contribution in [0.2, 0.25) is 0 Å². The van der Waals surface area contributed by atoms with Gasteiger partial charge in [-0.3, -0.25) is 0 Å². The first kappa shape index (κ1) is 16.2. The second-order valence-electron chi connectivity index (χ2n) is 7.03. The molecular formula is C17H27FO. The van der Waals surface area contributed by atoms with Gasteiger partial charge in [-0.25, -0.2) is 4.39 Å². The molecule has 1 rings (SSSR count). The Morgan fingerprint density at radius 1 is 1.26 bits per heavy atom. The van der Waals surface area contributed by atoms with Crippen LogP contribution in [0.15, 0.2) is 18.2 Å². The van der Waals surface area contributed by atoms with Gasteiger partial charge in [0.2, 0.25) is 0 Å². The second-order valence-corrected chi connectivity index (χ2v) is 7.03. The number of hydrogen-bond donors (Lipinski definition) is 1. The summed E-state index contributed by atoms with van der Waals surface area (Å²) in [4.78, 5) is 0. The molecule has 0 spiro atoms. The summed E-state index contributed by atoms with van der Waals surface area (Å²) in [5, 5.41) is 10.2. The van der Waals surface area contributed by atoms with Crippen molar-refractivity contribution in [2.45, 2.75) is 60.0 Å². The molecule has 0 aliphatic heterocycles. The highest BCUT2D eigenvalue weighted by Gasteiger charge is 2.18. The van der Waals surface area contributed by atoms with Crippen LogP contribution in [0.4, 0.5) is 4.39 Å². The Labute approximate surface area is 116 Å². The molecule has 0 fully saturated rings. The van der Waals surface area contributed by atoms with Gasteiger partial charge in [-0.15, -0.1) is 0 Å². The molecule has 0 aliphatic rings. The number of aliphatic hydroxyl groups is 1. The first-order chi connectivity index (χ1) is 8.67. The Morgan fingerprint density at radius 2 is 1.89 bits per heavy atom. The molecule has 1 N–H and O–H groups in total. The summed E-state index contributed by atoms with van der Waals surface area (Å²) in [6.07, 6.45) is 2.01. The first-order valence-electron chi connectivity index (χ1n) is 7.10. The van der Waals surface area contributed by atoms with Crippen molar-refractivity contribution in [1.82, 2.24) is 0 Å². The molecule has 1 nitrogen and oxygen atoms in total. The summed E-state index contributed by atoms with van der Waals surface area (Å²) >= 11 is 0. The predicted molar refractivity (Wildman–Crippen MR) is 78.7 cm³/mol. The van der Waals surface area contributed by atoms with Gasteiger partial charge in [-0.05, 0) is 60.8 Å². The quantitative estimate of drug-likeness (QED) is 0.832. The third kappa shape index (κ3) is 6.20. The third-order valence-corrected chi connectivity index (χ3v) is 3.40. The van der Waals surface area contributed by atoms with E-state index in [9.17, 15) is 9.50 Å². The fourth-order valence-electron chi connectivity index (χ4n) is 2.79. The molecule has 2 atom stereocenters. The van der Waals surface area contributed by atoms with Crippen molar-refractivity contribution in [1.29, 1.82) is 0 Å². The third-order valence-electron chi connectivity index (χ3n) is 3.40. The molecule has 1 aromatic rings. The van der Waals surface area contributed by atoms with Gasteiger partial charge >= 0.3 is 0 Å². The summed E-state index contributed by atoms with van der Waals surface area (Å²) in [7, 11) is 0. The first-order valence-corrected chi connectivity index (χ1v) is 7.10. The van der Waals surface area contributed by atoms with E-state index in [-0.39, 0.29) is 11.2 Å². The van der Waals surface area contributed by atoms with Gasteiger partial charge in [0.05, 0.1) is 6.10 Å². The van der Waals surface area contributed by atoms with Crippen LogP contribution in [-0.2, 0) is 6.42 Å². The minimum absolute atomic E-state index is 0.226. The lowest BCUT2D eigenvalue weighted by Crippen LogP contribution is -2.19. The Bertz CT molecular complexity index is 406. The summed E-state index contributed by atoms with van der Waals surface area (Å²) in [6.45, 7) is 10.8. The molecule has 0 radical (unpaired) electrons. The number of hydrogen-bond acceptors (Lipinski definition) is 1. The minimum atomic E-state index is -0.391. The second kappa shape index (κ2) is 6.51. The van der Waals surface area contributed by atoms with Crippen molar-refractivity contribution in [2.24, 2.45) is 11.3 Å². The van der Waals surface area contributed by atoms with Crippen LogP contribution in [0.5, 0.6) is 0 Å². The molecular weight excluding hydrogens is 239 g/mol. The van der Waals surface area contributed by atoms with Crippen LogP contribution in [0.1, 0.15) is 51.7 Å². The highest BCUT2D eigenvalue weighted by Crippen LogP contribution is 2.27. The molecule has 2 unspecified atom stereocenters. The van der Waals surface area contributed by atoms with Crippen molar-refractivity contribution in [3.8, 4) is 0 Å². The zero-order valence-corrected chi connectivity index (χ0v) is 12.8. The molecule has 2 heteroatoms. The molecule has 0 saturated heterocycles. The lowest BCUT2D eigenvalue weighted by atomic mass is 9.82. The van der Waals surface area contributed by atoms with Crippen molar-refractivity contribution in [3.63, 3.8) is 0 Å². The van der Waals surface area contributed by atoms with Crippen molar-refractivity contribution >= 4 is 0 Å². The summed E-state index contributed by atoms with van der Waals surface area (Å²) in [5.41, 5.74) is 2.24. The van der Waals surface area contributed by atoms with Gasteiger partial charge in [-0.1, -0.05) is 33.8 Å². The van der Waals surface area contributed by atoms with E-state index in [1.165, 1.54) is 12.1 Å². The van der Waals surface area contributed by atoms with Crippen LogP contribution in [0.25, 0.3) is 0 Å². The van der Waals surface area contributed by atoms with Crippen molar-refractivity contribution in [2.75, 3.05) is 0 Å². The van der Waals surface area contributed by atoms with Crippen molar-refractivity contribution < 1.29 is 9.50 Å². The van der Waals surface area contributed by atoms with E-state index < -0.39 is 6.10 Å². The largest absolute Gasteiger partial charge is 0.393 e. The smallest absolute Gasteiger partial charge is 0.123 e. The maximum atomic E-state index is 13.2. The monoisotopic (exact) mass is 266 g/mol. The highest BCUT2D eigenvalue weighted by molar-refractivity contribution is 5.27. The number of aryl methyl sites for hydroxylation is 1. The Balaban J connectivity index is 2.55. The van der Waals surface area contributed by atoms with Gasteiger partial charge in [0, 0.05) is 0 Å². The van der Waals surface area contributed by atoms with E-state index in [2.05, 4.69) is 27.7 Å². The fourth-order valence-corrected chi connectivity index (χ4v) is 2.79. The van der Waals surface area contributed by atoms with E-state index in [4.69, 9.17) is 0 Å². The molecule has 0 amide bonds. The fraction of sp³-hybridized carbons (Fsp3) is 0.647. The van der Waals surface area contributed by atoms with Crippen LogP contribution in [0, 0.1) is 24.1 Å². The molecule has 1 aromatic carbocycles. The molecule has 19 heavy (non-hydrogen) atoms. The lowest BCUT2D eigenvalue weighted by molar-refractivity contribution is 0.132. The number of benzene rings is 1. The van der Waals surface area contributed by atoms with E-state index in [0.29, 0.717) is 12.3 Å². The number of aliphatic hydroxyl groups excluding tert-OH is 1. The van der Waals surface area contributed by atoms with Crippen LogP contribution < -0.4 is 0 Å². The molecule has 0 saturated carbocycles. The lowest BCUT2D eigenvalue weighted by Gasteiger charge is -2.25. The minimum Gasteiger partial charge on any atom is -0.393 e. The summed E-state index contributed by atoms with van der Waals surface area (Å²) in [5.74, 6) is 0.249. The summed E-state index contributed by atoms with van der Waals surface area (Å²) < 4.78 is 13.2. The van der Waals surface area contributed by atoms with Gasteiger partial charge in [0.15, 0.2) is 0 Å². The van der Waals surface area contributed by atoms with Gasteiger partial charge < -0.3 is 5.11 Å². The number of rotatable bonds is 5. The average Bonchev–Trinajstić information content (AvgIpc) is 2.20. The van der Waals surface area contributed by atoms with Crippen molar-refractivity contribution in [3.05, 3.63) is 35.1 Å². The summed E-state index contributed by atoms with van der Waals surface area (Å²) in [6, 6.07) is 4.77. The van der Waals surface area contributed by atoms with Crippen LogP contribution >= 0.6 is 0 Å². The normalized spacial score (nSPS) is 15.3. The predicted octanol–water partition coefficient (Wildman–Crippen LogP) is 4.50. The topological polar surface area (TPSA) is 20.2 Å². The van der Waals surface area contributed by atoms with E-state index in [1.54, 1.807) is 6.07 Å². The average molecular weight is 266 g/mol. The van der Waals surface area contributed by atoms with Gasteiger partial charge in [-0.2, -0.15) is 0 Å². The Hall–Kier alpha value is -0.890. The van der Waals surface area contributed by atoms with E-state index in [1.807, 2.05) is 6.92 Å². The van der Waals surface area contributed by atoms with E-state index >= 15 is 0 Å². The molecule has 0 heterocycles. The van der Waals surface area contributed by atoms with Crippen LogP contribution in [-0.4, -0.2) is 11.2 Å². The van der Waals surface area contributed by atoms with Crippen LogP contribution in [0.3, 0.4) is 0 Å². The highest BCUT2D eigenvalue weighted by atomic mass is 19.1. The maximum absolute atomic E-state index is 13.2. The molecule has 0 aliphatic carbocycles. The van der Waals surface area contributed by atoms with Gasteiger partial charge in [0.25, 0.3) is 0 Å². The maximum Gasteiger partial charge on any atom is 0.123 e. The SMILES string of the molecule is Cc1ccc(F)cc1CC(O)CC(C)CC(C)(C)C. The van der Waals surface area contributed by atoms with Gasteiger partial charge in [0.1, 0.15) is 5.82 Å².